The summed E-state index contributed by atoms with van der Waals surface area (Å²) in [5, 5.41) is 18.5. The molecular formula is C33H41N7O4S. The minimum atomic E-state index is -3.49. The predicted octanol–water partition coefficient (Wildman–Crippen LogP) is 5.77. The topological polar surface area (TPSA) is 139 Å². The second-order valence-corrected chi connectivity index (χ2v) is 15.1. The van der Waals surface area contributed by atoms with Gasteiger partial charge in [-0.2, -0.15) is 0 Å². The first-order valence-corrected chi connectivity index (χ1v) is 17.2. The fourth-order valence-electron chi connectivity index (χ4n) is 6.32. The number of rotatable bonds is 7. The van der Waals surface area contributed by atoms with E-state index in [2.05, 4.69) is 37.8 Å². The van der Waals surface area contributed by atoms with Gasteiger partial charge in [0.2, 0.25) is 10.0 Å². The number of carbonyl (C=O) groups excluding carboxylic acids is 1. The van der Waals surface area contributed by atoms with E-state index in [0.29, 0.717) is 24.2 Å². The molecule has 238 valence electrons. The highest BCUT2D eigenvalue weighted by Crippen LogP contribution is 2.39. The summed E-state index contributed by atoms with van der Waals surface area (Å²) in [5.74, 6) is 1.61. The molecule has 3 heterocycles. The van der Waals surface area contributed by atoms with E-state index in [4.69, 9.17) is 4.74 Å². The van der Waals surface area contributed by atoms with E-state index in [1.54, 1.807) is 12.1 Å². The highest BCUT2D eigenvalue weighted by atomic mass is 32.2. The molecule has 0 radical (unpaired) electrons. The van der Waals surface area contributed by atoms with Crippen LogP contribution >= 0.6 is 0 Å². The number of ether oxygens (including phenoxy) is 1. The Balaban J connectivity index is 1.19. The molecule has 0 saturated carbocycles. The van der Waals surface area contributed by atoms with Crippen molar-refractivity contribution in [2.24, 2.45) is 0 Å². The molecule has 1 saturated heterocycles. The molecule has 4 N–H and O–H groups in total. The minimum Gasteiger partial charge on any atom is -0.484 e. The Morgan fingerprint density at radius 2 is 1.80 bits per heavy atom. The molecule has 2 aliphatic rings. The first-order valence-electron chi connectivity index (χ1n) is 15.3. The van der Waals surface area contributed by atoms with E-state index in [1.165, 1.54) is 0 Å². The van der Waals surface area contributed by atoms with Gasteiger partial charge in [-0.3, -0.25) is 9.12 Å². The monoisotopic (exact) mass is 631 g/mol. The Kier molecular flexibility index (Phi) is 7.98. The third kappa shape index (κ3) is 6.76. The number of hydrogen-bond acceptors (Lipinski definition) is 7. The van der Waals surface area contributed by atoms with Crippen LogP contribution in [0.2, 0.25) is 0 Å². The van der Waals surface area contributed by atoms with Gasteiger partial charge in [0, 0.05) is 5.69 Å². The summed E-state index contributed by atoms with van der Waals surface area (Å²) >= 11 is 0. The molecule has 2 aromatic heterocycles. The maximum absolute atomic E-state index is 13.3. The second kappa shape index (κ2) is 11.6. The lowest BCUT2D eigenvalue weighted by Crippen LogP contribution is -2.35. The Morgan fingerprint density at radius 1 is 1.04 bits per heavy atom. The van der Waals surface area contributed by atoms with Gasteiger partial charge >= 0.3 is 6.03 Å². The first kappa shape index (κ1) is 30.8. The largest absolute Gasteiger partial charge is 0.484 e. The summed E-state index contributed by atoms with van der Waals surface area (Å²) in [6.45, 7) is 9.22. The van der Waals surface area contributed by atoms with Crippen molar-refractivity contribution in [2.45, 2.75) is 76.5 Å². The van der Waals surface area contributed by atoms with E-state index in [1.807, 2.05) is 73.8 Å². The molecule has 12 heteroatoms. The zero-order chi connectivity index (χ0) is 32.0. The van der Waals surface area contributed by atoms with Crippen molar-refractivity contribution in [3.05, 3.63) is 83.3 Å². The molecule has 11 nitrogen and oxygen atoms in total. The lowest BCUT2D eigenvalue weighted by Gasteiger charge is -2.32. The number of sulfonamides is 1. The van der Waals surface area contributed by atoms with Crippen LogP contribution in [0.3, 0.4) is 0 Å². The van der Waals surface area contributed by atoms with Crippen LogP contribution in [-0.4, -0.2) is 41.8 Å². The second-order valence-electron chi connectivity index (χ2n) is 13.4. The molecule has 1 aliphatic heterocycles. The van der Waals surface area contributed by atoms with Gasteiger partial charge in [-0.1, -0.05) is 45.0 Å². The van der Waals surface area contributed by atoms with Crippen molar-refractivity contribution in [1.29, 1.82) is 0 Å². The van der Waals surface area contributed by atoms with Crippen LogP contribution in [0.5, 0.6) is 5.75 Å². The molecule has 2 amide bonds. The molecule has 4 aromatic rings. The molecule has 1 fully saturated rings. The summed E-state index contributed by atoms with van der Waals surface area (Å²) in [5.41, 5.74) is 4.10. The summed E-state index contributed by atoms with van der Waals surface area (Å²) in [6.07, 6.45) is 6.36. The van der Waals surface area contributed by atoms with Gasteiger partial charge in [-0.15, -0.1) is 10.2 Å². The zero-order valence-corrected chi connectivity index (χ0v) is 27.2. The number of amides is 2. The van der Waals surface area contributed by atoms with Crippen LogP contribution in [0.1, 0.15) is 88.0 Å². The van der Waals surface area contributed by atoms with Crippen LogP contribution in [0.4, 0.5) is 16.2 Å². The number of benzene rings is 2. The van der Waals surface area contributed by atoms with E-state index >= 15 is 0 Å². The number of aromatic nitrogens is 3. The van der Waals surface area contributed by atoms with E-state index in [9.17, 15) is 13.2 Å². The van der Waals surface area contributed by atoms with Gasteiger partial charge in [0.15, 0.2) is 11.5 Å². The Morgan fingerprint density at radius 3 is 2.51 bits per heavy atom. The van der Waals surface area contributed by atoms with Gasteiger partial charge in [-0.25, -0.2) is 13.2 Å². The number of anilines is 2. The number of urea groups is 1. The number of nitrogens with zero attached hydrogens (tertiary/aromatic N) is 3. The van der Waals surface area contributed by atoms with Crippen molar-refractivity contribution in [2.75, 3.05) is 22.8 Å². The SMILES string of the molecule is CC(C)(C)c1cc(NC(=O)N[C@H]2CC[C@@H](Oc3ccc4nnc([C@]5(C)CCCN5)n4c3)c3ccccc32)cc(NS(C)(=O)=O)c1. The smallest absolute Gasteiger partial charge is 0.319 e. The molecule has 1 aliphatic carbocycles. The summed E-state index contributed by atoms with van der Waals surface area (Å²) in [6, 6.07) is 16.6. The van der Waals surface area contributed by atoms with Crippen LogP contribution in [0.15, 0.2) is 60.8 Å². The summed E-state index contributed by atoms with van der Waals surface area (Å²) in [4.78, 5) is 13.3. The van der Waals surface area contributed by atoms with Crippen LogP contribution < -0.4 is 25.4 Å². The lowest BCUT2D eigenvalue weighted by molar-refractivity contribution is 0.171. The number of fused-ring (bicyclic) bond motifs is 2. The number of carbonyl (C=O) groups is 1. The zero-order valence-electron chi connectivity index (χ0n) is 26.3. The van der Waals surface area contributed by atoms with Crippen LogP contribution in [0, 0.1) is 0 Å². The van der Waals surface area contributed by atoms with E-state index in [0.717, 1.165) is 59.6 Å². The van der Waals surface area contributed by atoms with E-state index < -0.39 is 10.0 Å². The molecular weight excluding hydrogens is 590 g/mol. The fraction of sp³-hybridized carbons (Fsp3) is 0.424. The average molecular weight is 632 g/mol. The standard InChI is InChI=1S/C33H41N7O4S/c1-32(2,3)21-17-22(19-23(18-21)39-45(5,42)43)35-31(41)36-27-12-13-28(26-10-7-6-9-25(26)27)44-24-11-14-29-37-38-30(40(29)20-24)33(4)15-8-16-34-33/h6-7,9-11,14,17-20,27-28,34,39H,8,12-13,15-16H2,1-5H3,(H2,35,36,41)/t27-,28+,33-/m0/s1. The minimum absolute atomic E-state index is 0.187. The number of nitrogens with one attached hydrogen (secondary N) is 4. The van der Waals surface area contributed by atoms with Gasteiger partial charge < -0.3 is 20.7 Å². The van der Waals surface area contributed by atoms with Crippen molar-refractivity contribution in [3.63, 3.8) is 0 Å². The van der Waals surface area contributed by atoms with Gasteiger partial charge in [0.1, 0.15) is 11.9 Å². The third-order valence-electron chi connectivity index (χ3n) is 8.62. The van der Waals surface area contributed by atoms with Gasteiger partial charge in [0.25, 0.3) is 0 Å². The van der Waals surface area contributed by atoms with Crippen molar-refractivity contribution >= 4 is 33.1 Å². The molecule has 6 rings (SSSR count). The summed E-state index contributed by atoms with van der Waals surface area (Å²) < 4.78 is 34.9. The maximum atomic E-state index is 13.3. The third-order valence-corrected chi connectivity index (χ3v) is 9.22. The average Bonchev–Trinajstić information content (AvgIpc) is 3.60. The Hall–Kier alpha value is -4.16. The maximum Gasteiger partial charge on any atom is 0.319 e. The van der Waals surface area contributed by atoms with Gasteiger partial charge in [-0.05, 0) is 91.6 Å². The van der Waals surface area contributed by atoms with Gasteiger partial charge in [0.05, 0.1) is 29.7 Å². The normalized spacial score (nSPS) is 21.7. The molecule has 2 aromatic carbocycles. The predicted molar refractivity (Wildman–Crippen MR) is 175 cm³/mol. The summed E-state index contributed by atoms with van der Waals surface area (Å²) in [7, 11) is -3.49. The lowest BCUT2D eigenvalue weighted by atomic mass is 9.85. The molecule has 0 unspecified atom stereocenters. The van der Waals surface area contributed by atoms with Crippen molar-refractivity contribution in [1.82, 2.24) is 25.2 Å². The Bertz CT molecular complexity index is 1840. The fourth-order valence-corrected chi connectivity index (χ4v) is 6.87. The quantitative estimate of drug-likeness (QED) is 0.203. The number of pyridine rings is 1. The van der Waals surface area contributed by atoms with Crippen LogP contribution in [0.25, 0.3) is 5.65 Å². The van der Waals surface area contributed by atoms with Crippen LogP contribution in [-0.2, 0) is 21.0 Å². The Labute approximate surface area is 264 Å². The van der Waals surface area contributed by atoms with Crippen molar-refractivity contribution < 1.29 is 17.9 Å². The number of hydrogen-bond donors (Lipinski definition) is 4. The van der Waals surface area contributed by atoms with E-state index in [-0.39, 0.29) is 29.1 Å². The molecule has 0 bridgehead atoms. The molecule has 45 heavy (non-hydrogen) atoms. The highest BCUT2D eigenvalue weighted by molar-refractivity contribution is 7.92. The highest BCUT2D eigenvalue weighted by Gasteiger charge is 2.35. The first-order chi connectivity index (χ1) is 21.3. The molecule has 3 atom stereocenters. The van der Waals surface area contributed by atoms with Crippen molar-refractivity contribution in [3.8, 4) is 5.75 Å². The molecule has 0 spiro atoms.